The third kappa shape index (κ3) is 2.81. The van der Waals surface area contributed by atoms with E-state index < -0.39 is 5.97 Å². The van der Waals surface area contributed by atoms with Gasteiger partial charge in [-0.05, 0) is 31.2 Å². The lowest BCUT2D eigenvalue weighted by Gasteiger charge is -2.06. The third-order valence-corrected chi connectivity index (χ3v) is 2.33. The van der Waals surface area contributed by atoms with E-state index in [1.807, 2.05) is 31.2 Å². The Morgan fingerprint density at radius 2 is 1.94 bits per heavy atom. The number of benzene rings is 1. The topological polar surface area (TPSA) is 62.2 Å². The first-order chi connectivity index (χ1) is 8.15. The highest BCUT2D eigenvalue weighted by molar-refractivity contribution is 5.88. The van der Waals surface area contributed by atoms with Crippen LogP contribution in [0.3, 0.4) is 0 Å². The van der Waals surface area contributed by atoms with Crippen molar-refractivity contribution in [3.63, 3.8) is 0 Å². The van der Waals surface area contributed by atoms with Crippen LogP contribution in [-0.2, 0) is 0 Å². The van der Waals surface area contributed by atoms with Gasteiger partial charge in [0.2, 0.25) is 0 Å². The highest BCUT2D eigenvalue weighted by Crippen LogP contribution is 2.15. The predicted molar refractivity (Wildman–Crippen MR) is 65.7 cm³/mol. The lowest BCUT2D eigenvalue weighted by molar-refractivity contribution is 0.0697. The van der Waals surface area contributed by atoms with Crippen LogP contribution >= 0.6 is 0 Å². The van der Waals surface area contributed by atoms with E-state index in [0.717, 1.165) is 5.69 Å². The molecule has 2 N–H and O–H groups in total. The van der Waals surface area contributed by atoms with Gasteiger partial charge in [-0.15, -0.1) is 0 Å². The Bertz CT molecular complexity index is 535. The van der Waals surface area contributed by atoms with Crippen molar-refractivity contribution >= 4 is 17.5 Å². The minimum Gasteiger partial charge on any atom is -0.478 e. The van der Waals surface area contributed by atoms with Crippen LogP contribution in [0.5, 0.6) is 0 Å². The van der Waals surface area contributed by atoms with Gasteiger partial charge >= 0.3 is 5.97 Å². The summed E-state index contributed by atoms with van der Waals surface area (Å²) in [7, 11) is 0. The van der Waals surface area contributed by atoms with E-state index in [1.165, 1.54) is 23.9 Å². The Balaban J connectivity index is 2.21. The predicted octanol–water partition coefficient (Wildman–Crippen LogP) is 2.83. The summed E-state index contributed by atoms with van der Waals surface area (Å²) in [5, 5.41) is 11.9. The summed E-state index contributed by atoms with van der Waals surface area (Å²) in [6.07, 6.45) is 1.47. The number of aryl methyl sites for hydroxylation is 1. The Morgan fingerprint density at radius 3 is 2.59 bits per heavy atom. The van der Waals surface area contributed by atoms with Gasteiger partial charge in [-0.2, -0.15) is 0 Å². The van der Waals surface area contributed by atoms with Crippen molar-refractivity contribution in [3.05, 3.63) is 53.7 Å². The van der Waals surface area contributed by atoms with Gasteiger partial charge in [-0.3, -0.25) is 0 Å². The quantitative estimate of drug-likeness (QED) is 0.847. The first-order valence-corrected chi connectivity index (χ1v) is 5.18. The molecule has 4 nitrogen and oxygen atoms in total. The summed E-state index contributed by atoms with van der Waals surface area (Å²) in [6.45, 7) is 2.01. The molecule has 1 aromatic carbocycles. The summed E-state index contributed by atoms with van der Waals surface area (Å²) in [4.78, 5) is 14.9. The Labute approximate surface area is 98.9 Å². The molecule has 86 valence electrons. The first kappa shape index (κ1) is 11.1. The number of carboxylic acids is 1. The number of nitrogens with one attached hydrogen (secondary N) is 1. The minimum absolute atomic E-state index is 0.217. The summed E-state index contributed by atoms with van der Waals surface area (Å²) in [5.74, 6) is -0.437. The lowest BCUT2D eigenvalue weighted by Crippen LogP contribution is -1.99. The summed E-state index contributed by atoms with van der Waals surface area (Å²) in [5.41, 5.74) is 2.27. The van der Waals surface area contributed by atoms with E-state index in [0.29, 0.717) is 5.82 Å². The number of hydrogen-bond acceptors (Lipinski definition) is 3. The molecule has 4 heteroatoms. The molecule has 0 atom stereocenters. The molecule has 2 rings (SSSR count). The maximum absolute atomic E-state index is 10.8. The number of aromatic nitrogens is 1. The van der Waals surface area contributed by atoms with Gasteiger partial charge in [0.15, 0.2) is 0 Å². The van der Waals surface area contributed by atoms with E-state index in [1.54, 1.807) is 0 Å². The van der Waals surface area contributed by atoms with Crippen molar-refractivity contribution in [3.8, 4) is 0 Å². The number of rotatable bonds is 3. The second-order valence-electron chi connectivity index (χ2n) is 3.73. The van der Waals surface area contributed by atoms with Gasteiger partial charge in [0, 0.05) is 11.9 Å². The summed E-state index contributed by atoms with van der Waals surface area (Å²) in [6, 6.07) is 10.8. The van der Waals surface area contributed by atoms with E-state index in [2.05, 4.69) is 10.3 Å². The van der Waals surface area contributed by atoms with E-state index in [4.69, 9.17) is 5.11 Å². The minimum atomic E-state index is -0.959. The van der Waals surface area contributed by atoms with Crippen LogP contribution in [0.1, 0.15) is 15.9 Å². The summed E-state index contributed by atoms with van der Waals surface area (Å²) >= 11 is 0. The zero-order valence-corrected chi connectivity index (χ0v) is 9.34. The number of anilines is 2. The molecule has 17 heavy (non-hydrogen) atoms. The van der Waals surface area contributed by atoms with Gasteiger partial charge in [0.25, 0.3) is 0 Å². The van der Waals surface area contributed by atoms with E-state index in [9.17, 15) is 4.79 Å². The molecule has 0 aliphatic rings. The average Bonchev–Trinajstić information content (AvgIpc) is 2.32. The molecule has 0 spiro atoms. The largest absolute Gasteiger partial charge is 0.478 e. The molecular formula is C13H12N2O2. The van der Waals surface area contributed by atoms with Crippen LogP contribution in [0, 0.1) is 6.92 Å². The molecule has 0 unspecified atom stereocenters. The molecule has 0 bridgehead atoms. The van der Waals surface area contributed by atoms with Crippen LogP contribution < -0.4 is 5.32 Å². The second kappa shape index (κ2) is 4.65. The molecule has 1 heterocycles. The van der Waals surface area contributed by atoms with Gasteiger partial charge in [-0.25, -0.2) is 9.78 Å². The number of hydrogen-bond donors (Lipinski definition) is 2. The first-order valence-electron chi connectivity index (χ1n) is 5.18. The van der Waals surface area contributed by atoms with Gasteiger partial charge in [0.1, 0.15) is 5.82 Å². The Hall–Kier alpha value is -2.36. The molecule has 0 fully saturated rings. The SMILES string of the molecule is Cc1ccc(Nc2cc(C(=O)O)ccn2)cc1. The lowest BCUT2D eigenvalue weighted by atomic mass is 10.2. The molecule has 0 aliphatic carbocycles. The summed E-state index contributed by atoms with van der Waals surface area (Å²) < 4.78 is 0. The van der Waals surface area contributed by atoms with Crippen LogP contribution in [0.25, 0.3) is 0 Å². The highest BCUT2D eigenvalue weighted by atomic mass is 16.4. The van der Waals surface area contributed by atoms with E-state index >= 15 is 0 Å². The average molecular weight is 228 g/mol. The van der Waals surface area contributed by atoms with Crippen molar-refractivity contribution in [2.45, 2.75) is 6.92 Å². The Morgan fingerprint density at radius 1 is 1.24 bits per heavy atom. The van der Waals surface area contributed by atoms with E-state index in [-0.39, 0.29) is 5.56 Å². The van der Waals surface area contributed by atoms with Crippen LogP contribution in [-0.4, -0.2) is 16.1 Å². The number of carboxylic acid groups (broad SMARTS) is 1. The molecule has 0 radical (unpaired) electrons. The van der Waals surface area contributed by atoms with Crippen molar-refractivity contribution < 1.29 is 9.90 Å². The zero-order chi connectivity index (χ0) is 12.3. The normalized spacial score (nSPS) is 9.94. The number of carbonyl (C=O) groups is 1. The molecule has 1 aromatic heterocycles. The van der Waals surface area contributed by atoms with Crippen molar-refractivity contribution in [1.82, 2.24) is 4.98 Å². The molecular weight excluding hydrogens is 216 g/mol. The second-order valence-corrected chi connectivity index (χ2v) is 3.73. The molecule has 2 aromatic rings. The van der Waals surface area contributed by atoms with Crippen molar-refractivity contribution in [2.24, 2.45) is 0 Å². The standard InChI is InChI=1S/C13H12N2O2/c1-9-2-4-11(5-3-9)15-12-8-10(13(16)17)6-7-14-12/h2-8H,1H3,(H,14,15)(H,16,17). The molecule has 0 amide bonds. The highest BCUT2D eigenvalue weighted by Gasteiger charge is 2.04. The number of aromatic carboxylic acids is 1. The molecule has 0 saturated carbocycles. The van der Waals surface area contributed by atoms with Crippen molar-refractivity contribution in [1.29, 1.82) is 0 Å². The van der Waals surface area contributed by atoms with Crippen LogP contribution in [0.2, 0.25) is 0 Å². The fourth-order valence-corrected chi connectivity index (χ4v) is 1.42. The molecule has 0 saturated heterocycles. The fraction of sp³-hybridized carbons (Fsp3) is 0.0769. The van der Waals surface area contributed by atoms with Crippen molar-refractivity contribution in [2.75, 3.05) is 5.32 Å². The maximum Gasteiger partial charge on any atom is 0.335 e. The van der Waals surface area contributed by atoms with Gasteiger partial charge < -0.3 is 10.4 Å². The van der Waals surface area contributed by atoms with Crippen LogP contribution in [0.4, 0.5) is 11.5 Å². The third-order valence-electron chi connectivity index (χ3n) is 2.33. The maximum atomic E-state index is 10.8. The zero-order valence-electron chi connectivity index (χ0n) is 9.34. The van der Waals surface area contributed by atoms with Gasteiger partial charge in [-0.1, -0.05) is 17.7 Å². The monoisotopic (exact) mass is 228 g/mol. The fourth-order valence-electron chi connectivity index (χ4n) is 1.42. The van der Waals surface area contributed by atoms with Gasteiger partial charge in [0.05, 0.1) is 5.56 Å². The molecule has 0 aliphatic heterocycles. The number of nitrogens with zero attached hydrogens (tertiary/aromatic N) is 1. The van der Waals surface area contributed by atoms with Crippen LogP contribution in [0.15, 0.2) is 42.6 Å². The Kier molecular flexibility index (Phi) is 3.05. The number of pyridine rings is 1. The smallest absolute Gasteiger partial charge is 0.335 e.